The molecule has 1 aliphatic carbocycles. The van der Waals surface area contributed by atoms with Gasteiger partial charge in [0.25, 0.3) is 0 Å². The number of benzene rings is 1. The molecular formula is C21H27ClN4O2. The number of rotatable bonds is 9. The van der Waals surface area contributed by atoms with Crippen LogP contribution in [0.15, 0.2) is 47.6 Å². The lowest BCUT2D eigenvalue weighted by Gasteiger charge is -2.19. The van der Waals surface area contributed by atoms with Gasteiger partial charge in [-0.2, -0.15) is 0 Å². The van der Waals surface area contributed by atoms with Crippen LogP contribution in [0.4, 0.5) is 0 Å². The molecule has 150 valence electrons. The van der Waals surface area contributed by atoms with Crippen LogP contribution in [0.25, 0.3) is 0 Å². The lowest BCUT2D eigenvalue weighted by Crippen LogP contribution is -2.40. The molecule has 1 aromatic carbocycles. The number of halogens is 1. The smallest absolute Gasteiger partial charge is 0.213 e. The van der Waals surface area contributed by atoms with Crippen molar-refractivity contribution in [3.05, 3.63) is 58.7 Å². The van der Waals surface area contributed by atoms with Gasteiger partial charge in [0.2, 0.25) is 5.88 Å². The van der Waals surface area contributed by atoms with Gasteiger partial charge in [-0.15, -0.1) is 0 Å². The van der Waals surface area contributed by atoms with Crippen LogP contribution in [-0.4, -0.2) is 44.9 Å². The molecule has 0 bridgehead atoms. The van der Waals surface area contributed by atoms with Crippen LogP contribution in [0, 0.1) is 0 Å². The van der Waals surface area contributed by atoms with Crippen molar-refractivity contribution < 1.29 is 9.47 Å². The zero-order chi connectivity index (χ0) is 19.8. The fourth-order valence-electron chi connectivity index (χ4n) is 3.03. The Labute approximate surface area is 171 Å². The van der Waals surface area contributed by atoms with Gasteiger partial charge in [0.05, 0.1) is 6.61 Å². The summed E-state index contributed by atoms with van der Waals surface area (Å²) in [6.07, 6.45) is 4.12. The van der Waals surface area contributed by atoms with E-state index in [4.69, 9.17) is 21.1 Å². The van der Waals surface area contributed by atoms with Crippen molar-refractivity contribution in [2.75, 3.05) is 33.9 Å². The Hall–Kier alpha value is -2.31. The second-order valence-electron chi connectivity index (χ2n) is 6.92. The minimum atomic E-state index is 0.158. The molecule has 1 aliphatic rings. The molecule has 1 fully saturated rings. The second-order valence-corrected chi connectivity index (χ2v) is 7.35. The first-order chi connectivity index (χ1) is 13.6. The predicted molar refractivity (Wildman–Crippen MR) is 112 cm³/mol. The summed E-state index contributed by atoms with van der Waals surface area (Å²) >= 11 is 6.16. The maximum Gasteiger partial charge on any atom is 0.213 e. The maximum absolute atomic E-state index is 6.16. The molecule has 28 heavy (non-hydrogen) atoms. The molecule has 1 saturated carbocycles. The van der Waals surface area contributed by atoms with E-state index in [1.807, 2.05) is 24.3 Å². The fourth-order valence-corrected chi connectivity index (χ4v) is 3.22. The average Bonchev–Trinajstić information content (AvgIpc) is 3.51. The highest BCUT2D eigenvalue weighted by molar-refractivity contribution is 6.30. The minimum Gasteiger partial charge on any atom is -0.475 e. The van der Waals surface area contributed by atoms with E-state index in [0.717, 1.165) is 35.9 Å². The summed E-state index contributed by atoms with van der Waals surface area (Å²) in [4.78, 5) is 8.63. The Morgan fingerprint density at radius 3 is 2.71 bits per heavy atom. The Balaban J connectivity index is 1.47. The number of hydrogen-bond acceptors (Lipinski definition) is 4. The average molecular weight is 403 g/mol. The molecule has 7 heteroatoms. The molecule has 0 aliphatic heterocycles. The van der Waals surface area contributed by atoms with Gasteiger partial charge in [0, 0.05) is 49.9 Å². The van der Waals surface area contributed by atoms with Crippen molar-refractivity contribution in [3.63, 3.8) is 0 Å². The highest BCUT2D eigenvalue weighted by atomic mass is 35.5. The molecule has 0 unspecified atom stereocenters. The number of methoxy groups -OCH3 is 1. The Bertz CT molecular complexity index is 791. The number of guanidine groups is 1. The summed E-state index contributed by atoms with van der Waals surface area (Å²) in [7, 11) is 3.42. The van der Waals surface area contributed by atoms with Crippen molar-refractivity contribution >= 4 is 17.6 Å². The van der Waals surface area contributed by atoms with Gasteiger partial charge >= 0.3 is 0 Å². The van der Waals surface area contributed by atoms with E-state index in [1.165, 1.54) is 5.56 Å². The van der Waals surface area contributed by atoms with Gasteiger partial charge < -0.3 is 20.1 Å². The number of aromatic nitrogens is 1. The van der Waals surface area contributed by atoms with Gasteiger partial charge in [-0.25, -0.2) is 4.98 Å². The van der Waals surface area contributed by atoms with Crippen molar-refractivity contribution in [1.29, 1.82) is 0 Å². The van der Waals surface area contributed by atoms with Crippen molar-refractivity contribution in [3.8, 4) is 5.88 Å². The number of hydrogen-bond donors (Lipinski definition) is 2. The van der Waals surface area contributed by atoms with Gasteiger partial charge in [-0.1, -0.05) is 29.8 Å². The summed E-state index contributed by atoms with van der Waals surface area (Å²) in [6.45, 7) is 2.50. The van der Waals surface area contributed by atoms with Crippen LogP contribution in [0.5, 0.6) is 5.88 Å². The first kappa shape index (κ1) is 20.4. The number of pyridine rings is 1. The molecule has 0 saturated heterocycles. The monoisotopic (exact) mass is 402 g/mol. The third-order valence-electron chi connectivity index (χ3n) is 4.90. The van der Waals surface area contributed by atoms with E-state index in [0.29, 0.717) is 25.6 Å². The number of nitrogens with zero attached hydrogens (tertiary/aromatic N) is 2. The SMILES string of the molecule is CN=C(NCc1ccc(OCCOC)nc1)NCC1(c2cccc(Cl)c2)CC1. The Kier molecular flexibility index (Phi) is 7.12. The van der Waals surface area contributed by atoms with Crippen molar-refractivity contribution in [2.24, 2.45) is 4.99 Å². The van der Waals surface area contributed by atoms with Crippen LogP contribution in [0.2, 0.25) is 5.02 Å². The largest absolute Gasteiger partial charge is 0.475 e. The summed E-state index contributed by atoms with van der Waals surface area (Å²) in [5.41, 5.74) is 2.50. The van der Waals surface area contributed by atoms with E-state index in [-0.39, 0.29) is 5.41 Å². The van der Waals surface area contributed by atoms with Crippen molar-refractivity contribution in [2.45, 2.75) is 24.8 Å². The van der Waals surface area contributed by atoms with Gasteiger partial charge in [-0.05, 0) is 36.1 Å². The molecule has 0 atom stereocenters. The van der Waals surface area contributed by atoms with E-state index < -0.39 is 0 Å². The maximum atomic E-state index is 6.16. The van der Waals surface area contributed by atoms with E-state index in [1.54, 1.807) is 20.4 Å². The fraction of sp³-hybridized carbons (Fsp3) is 0.429. The normalized spacial score (nSPS) is 15.2. The van der Waals surface area contributed by atoms with Crippen LogP contribution in [-0.2, 0) is 16.7 Å². The molecule has 6 nitrogen and oxygen atoms in total. The van der Waals surface area contributed by atoms with E-state index in [9.17, 15) is 0 Å². The molecule has 1 heterocycles. The van der Waals surface area contributed by atoms with Crippen LogP contribution < -0.4 is 15.4 Å². The third kappa shape index (κ3) is 5.59. The summed E-state index contributed by atoms with van der Waals surface area (Å²) < 4.78 is 10.4. The van der Waals surface area contributed by atoms with Gasteiger partial charge in [0.15, 0.2) is 5.96 Å². The van der Waals surface area contributed by atoms with Crippen LogP contribution in [0.1, 0.15) is 24.0 Å². The van der Waals surface area contributed by atoms with Gasteiger partial charge in [-0.3, -0.25) is 4.99 Å². The first-order valence-electron chi connectivity index (χ1n) is 9.42. The number of nitrogens with one attached hydrogen (secondary N) is 2. The van der Waals surface area contributed by atoms with Crippen LogP contribution in [0.3, 0.4) is 0 Å². The molecule has 0 spiro atoms. The number of aliphatic imine (C=N–C) groups is 1. The Morgan fingerprint density at radius 1 is 1.21 bits per heavy atom. The zero-order valence-corrected chi connectivity index (χ0v) is 17.1. The quantitative estimate of drug-likeness (QED) is 0.383. The summed E-state index contributed by atoms with van der Waals surface area (Å²) in [5.74, 6) is 1.37. The third-order valence-corrected chi connectivity index (χ3v) is 5.14. The minimum absolute atomic E-state index is 0.158. The van der Waals surface area contributed by atoms with E-state index in [2.05, 4.69) is 32.7 Å². The lowest BCUT2D eigenvalue weighted by molar-refractivity contribution is 0.143. The predicted octanol–water partition coefficient (Wildman–Crippen LogP) is 3.16. The molecule has 2 N–H and O–H groups in total. The second kappa shape index (κ2) is 9.75. The molecule has 3 rings (SSSR count). The summed E-state index contributed by atoms with van der Waals surface area (Å²) in [5, 5.41) is 7.56. The first-order valence-corrected chi connectivity index (χ1v) is 9.80. The van der Waals surface area contributed by atoms with Crippen molar-refractivity contribution in [1.82, 2.24) is 15.6 Å². The highest BCUT2D eigenvalue weighted by Crippen LogP contribution is 2.48. The number of ether oxygens (including phenoxy) is 2. The molecule has 2 aromatic rings. The topological polar surface area (TPSA) is 67.8 Å². The Morgan fingerprint density at radius 2 is 2.07 bits per heavy atom. The lowest BCUT2D eigenvalue weighted by atomic mass is 9.96. The molecular weight excluding hydrogens is 376 g/mol. The summed E-state index contributed by atoms with van der Waals surface area (Å²) in [6, 6.07) is 12.0. The standard InChI is InChI=1S/C21H27ClN4O2/c1-23-20(25-14-16-6-7-19(24-13-16)28-11-10-27-2)26-15-21(8-9-21)17-4-3-5-18(22)12-17/h3-7,12-13H,8-11,14-15H2,1-2H3,(H2,23,25,26). The molecule has 0 amide bonds. The zero-order valence-electron chi connectivity index (χ0n) is 16.4. The van der Waals surface area contributed by atoms with Gasteiger partial charge in [0.1, 0.15) is 6.61 Å². The van der Waals surface area contributed by atoms with Crippen LogP contribution >= 0.6 is 11.6 Å². The molecule has 0 radical (unpaired) electrons. The highest BCUT2D eigenvalue weighted by Gasteiger charge is 2.44. The van der Waals surface area contributed by atoms with E-state index >= 15 is 0 Å². The molecule has 1 aromatic heterocycles.